The highest BCUT2D eigenvalue weighted by Crippen LogP contribution is 2.36. The normalized spacial score (nSPS) is 11.6. The van der Waals surface area contributed by atoms with E-state index in [1.165, 1.54) is 24.3 Å². The molecule has 1 aromatic heterocycles. The van der Waals surface area contributed by atoms with Gasteiger partial charge in [-0.25, -0.2) is 4.79 Å². The van der Waals surface area contributed by atoms with E-state index in [0.29, 0.717) is 16.7 Å². The van der Waals surface area contributed by atoms with Crippen molar-refractivity contribution in [1.29, 1.82) is 0 Å². The van der Waals surface area contributed by atoms with Gasteiger partial charge in [-0.05, 0) is 54.2 Å². The van der Waals surface area contributed by atoms with Gasteiger partial charge in [0, 0.05) is 16.1 Å². The first-order valence-corrected chi connectivity index (χ1v) is 7.51. The molecule has 2 aromatic carbocycles. The Balaban J connectivity index is 1.74. The van der Waals surface area contributed by atoms with Crippen LogP contribution in [0.4, 0.5) is 18.9 Å². The van der Waals surface area contributed by atoms with Crippen LogP contribution >= 0.6 is 11.8 Å². The Kier molecular flexibility index (Phi) is 4.10. The van der Waals surface area contributed by atoms with Crippen LogP contribution in [-0.2, 0) is 0 Å². The van der Waals surface area contributed by atoms with Crippen LogP contribution in [0.15, 0.2) is 52.2 Å². The highest BCUT2D eigenvalue weighted by atomic mass is 32.2. The molecule has 5 nitrogen and oxygen atoms in total. The Hall–Kier alpha value is -2.68. The summed E-state index contributed by atoms with van der Waals surface area (Å²) < 4.78 is 36.8. The zero-order valence-electron chi connectivity index (χ0n) is 11.9. The van der Waals surface area contributed by atoms with Crippen molar-refractivity contribution in [2.75, 3.05) is 5.32 Å². The Morgan fingerprint density at radius 2 is 1.67 bits per heavy atom. The molecule has 0 saturated heterocycles. The standard InChI is InChI=1S/C15H10F3N3O2S/c16-15(17,18)24-10-4-1-8(2-5-10)13(22)19-9-3-6-11-12(7-9)21-14(23)20-11/h1-7H,(H,19,22)(H2,20,21,23). The summed E-state index contributed by atoms with van der Waals surface area (Å²) in [6, 6.07) is 9.93. The Morgan fingerprint density at radius 3 is 2.33 bits per heavy atom. The molecule has 1 amide bonds. The second-order valence-corrected chi connectivity index (χ2v) is 6.00. The van der Waals surface area contributed by atoms with Crippen molar-refractivity contribution < 1.29 is 18.0 Å². The highest BCUT2D eigenvalue weighted by molar-refractivity contribution is 8.00. The molecule has 9 heteroatoms. The summed E-state index contributed by atoms with van der Waals surface area (Å²) in [6.45, 7) is 0. The van der Waals surface area contributed by atoms with Gasteiger partial charge < -0.3 is 15.3 Å². The fourth-order valence-electron chi connectivity index (χ4n) is 2.12. The molecular formula is C15H10F3N3O2S. The number of alkyl halides is 3. The molecule has 3 N–H and O–H groups in total. The maximum Gasteiger partial charge on any atom is 0.446 e. The summed E-state index contributed by atoms with van der Waals surface area (Å²) in [5, 5.41) is 2.62. The maximum absolute atomic E-state index is 12.3. The molecule has 3 aromatic rings. The first-order chi connectivity index (χ1) is 11.3. The SMILES string of the molecule is O=C(Nc1ccc2[nH]c(=O)[nH]c2c1)c1ccc(SC(F)(F)F)cc1. The van der Waals surface area contributed by atoms with Crippen LogP contribution in [-0.4, -0.2) is 21.4 Å². The molecule has 0 saturated carbocycles. The number of thioether (sulfide) groups is 1. The number of carbonyl (C=O) groups excluding carboxylic acids is 1. The van der Waals surface area contributed by atoms with Crippen LogP contribution in [0.5, 0.6) is 0 Å². The minimum absolute atomic E-state index is 0.00497. The lowest BCUT2D eigenvalue weighted by molar-refractivity contribution is -0.0328. The van der Waals surface area contributed by atoms with Gasteiger partial charge in [-0.3, -0.25) is 4.79 Å². The van der Waals surface area contributed by atoms with E-state index in [4.69, 9.17) is 0 Å². The Labute approximate surface area is 137 Å². The first kappa shape index (κ1) is 16.2. The number of carbonyl (C=O) groups is 1. The van der Waals surface area contributed by atoms with E-state index < -0.39 is 11.4 Å². The van der Waals surface area contributed by atoms with Gasteiger partial charge >= 0.3 is 11.2 Å². The number of benzene rings is 2. The van der Waals surface area contributed by atoms with Crippen molar-refractivity contribution in [3.8, 4) is 0 Å². The van der Waals surface area contributed by atoms with E-state index in [-0.39, 0.29) is 27.9 Å². The molecule has 0 spiro atoms. The quantitative estimate of drug-likeness (QED) is 0.628. The van der Waals surface area contributed by atoms with E-state index in [0.717, 1.165) is 0 Å². The second-order valence-electron chi connectivity index (χ2n) is 4.87. The van der Waals surface area contributed by atoms with Crippen molar-refractivity contribution in [3.05, 3.63) is 58.5 Å². The molecule has 0 aliphatic rings. The number of nitrogens with one attached hydrogen (secondary N) is 3. The van der Waals surface area contributed by atoms with Crippen LogP contribution < -0.4 is 11.0 Å². The number of fused-ring (bicyclic) bond motifs is 1. The van der Waals surface area contributed by atoms with Crippen molar-refractivity contribution in [2.24, 2.45) is 0 Å². The molecule has 0 radical (unpaired) electrons. The van der Waals surface area contributed by atoms with Crippen LogP contribution in [0.25, 0.3) is 11.0 Å². The van der Waals surface area contributed by atoms with E-state index in [9.17, 15) is 22.8 Å². The summed E-state index contributed by atoms with van der Waals surface area (Å²) in [5.74, 6) is -0.462. The Bertz CT molecular complexity index is 945. The van der Waals surface area contributed by atoms with Gasteiger partial charge in [-0.1, -0.05) is 0 Å². The molecule has 1 heterocycles. The lowest BCUT2D eigenvalue weighted by atomic mass is 10.2. The summed E-state index contributed by atoms with van der Waals surface area (Å²) in [5.41, 5.74) is -2.90. The third-order valence-corrected chi connectivity index (χ3v) is 3.86. The van der Waals surface area contributed by atoms with Crippen LogP contribution in [0, 0.1) is 0 Å². The number of aromatic amines is 2. The number of aromatic nitrogens is 2. The number of rotatable bonds is 3. The van der Waals surface area contributed by atoms with Crippen LogP contribution in [0.1, 0.15) is 10.4 Å². The summed E-state index contributed by atoms with van der Waals surface area (Å²) in [6.07, 6.45) is 0. The fourth-order valence-corrected chi connectivity index (χ4v) is 2.66. The van der Waals surface area contributed by atoms with Crippen molar-refractivity contribution in [1.82, 2.24) is 9.97 Å². The zero-order chi connectivity index (χ0) is 17.3. The minimum Gasteiger partial charge on any atom is -0.322 e. The molecule has 0 aliphatic heterocycles. The third kappa shape index (κ3) is 3.80. The van der Waals surface area contributed by atoms with Gasteiger partial charge in [-0.2, -0.15) is 13.2 Å². The number of amides is 1. The van der Waals surface area contributed by atoms with Gasteiger partial charge in [0.1, 0.15) is 0 Å². The number of imidazole rings is 1. The molecule has 3 rings (SSSR count). The van der Waals surface area contributed by atoms with Crippen molar-refractivity contribution in [2.45, 2.75) is 10.4 Å². The fraction of sp³-hybridized carbons (Fsp3) is 0.0667. The summed E-state index contributed by atoms with van der Waals surface area (Å²) in [4.78, 5) is 28.5. The average Bonchev–Trinajstić information content (AvgIpc) is 2.85. The molecule has 0 fully saturated rings. The third-order valence-electron chi connectivity index (χ3n) is 3.12. The number of hydrogen-bond acceptors (Lipinski definition) is 3. The van der Waals surface area contributed by atoms with E-state index in [1.807, 2.05) is 0 Å². The Morgan fingerprint density at radius 1 is 1.00 bits per heavy atom. The largest absolute Gasteiger partial charge is 0.446 e. The summed E-state index contributed by atoms with van der Waals surface area (Å²) >= 11 is -0.240. The van der Waals surface area contributed by atoms with E-state index >= 15 is 0 Å². The molecule has 24 heavy (non-hydrogen) atoms. The van der Waals surface area contributed by atoms with Crippen molar-refractivity contribution >= 4 is 34.4 Å². The zero-order valence-corrected chi connectivity index (χ0v) is 12.7. The van der Waals surface area contributed by atoms with Gasteiger partial charge in [0.2, 0.25) is 0 Å². The predicted octanol–water partition coefficient (Wildman–Crippen LogP) is 3.72. The lowest BCUT2D eigenvalue weighted by Crippen LogP contribution is -2.11. The number of H-pyrrole nitrogens is 2. The first-order valence-electron chi connectivity index (χ1n) is 6.69. The molecule has 0 unspecified atom stereocenters. The van der Waals surface area contributed by atoms with Gasteiger partial charge in [-0.15, -0.1) is 0 Å². The second kappa shape index (κ2) is 6.08. The number of anilines is 1. The number of hydrogen-bond donors (Lipinski definition) is 3. The maximum atomic E-state index is 12.3. The molecule has 0 atom stereocenters. The molecular weight excluding hydrogens is 343 g/mol. The highest BCUT2D eigenvalue weighted by Gasteiger charge is 2.29. The topological polar surface area (TPSA) is 77.8 Å². The lowest BCUT2D eigenvalue weighted by Gasteiger charge is -2.07. The molecule has 124 valence electrons. The minimum atomic E-state index is -4.37. The average molecular weight is 353 g/mol. The van der Waals surface area contributed by atoms with Crippen LogP contribution in [0.3, 0.4) is 0 Å². The van der Waals surface area contributed by atoms with Gasteiger partial charge in [0.05, 0.1) is 11.0 Å². The molecule has 0 bridgehead atoms. The predicted molar refractivity (Wildman–Crippen MR) is 85.2 cm³/mol. The van der Waals surface area contributed by atoms with E-state index in [1.54, 1.807) is 18.2 Å². The van der Waals surface area contributed by atoms with Crippen molar-refractivity contribution in [3.63, 3.8) is 0 Å². The monoisotopic (exact) mass is 353 g/mol. The van der Waals surface area contributed by atoms with Crippen LogP contribution in [0.2, 0.25) is 0 Å². The number of halogens is 3. The summed E-state index contributed by atoms with van der Waals surface area (Å²) in [7, 11) is 0. The van der Waals surface area contributed by atoms with Gasteiger partial charge in [0.25, 0.3) is 5.91 Å². The molecule has 0 aliphatic carbocycles. The van der Waals surface area contributed by atoms with E-state index in [2.05, 4.69) is 15.3 Å². The van der Waals surface area contributed by atoms with Gasteiger partial charge in [0.15, 0.2) is 0 Å². The smallest absolute Gasteiger partial charge is 0.322 e.